The molecule has 0 spiro atoms. The fourth-order valence-corrected chi connectivity index (χ4v) is 5.52. The summed E-state index contributed by atoms with van der Waals surface area (Å²) < 4.78 is 8.31. The third kappa shape index (κ3) is 1.46. The molecule has 0 radical (unpaired) electrons. The number of nitrogens with zero attached hydrogens (tertiary/aromatic N) is 2. The van der Waals surface area contributed by atoms with Crippen molar-refractivity contribution in [2.45, 2.75) is 38.0 Å². The normalized spacial score (nSPS) is 41.2. The van der Waals surface area contributed by atoms with Gasteiger partial charge in [-0.2, -0.15) is 8.75 Å². The van der Waals surface area contributed by atoms with Crippen molar-refractivity contribution in [2.24, 2.45) is 23.7 Å². The van der Waals surface area contributed by atoms with E-state index in [0.29, 0.717) is 17.8 Å². The first-order chi connectivity index (χ1) is 8.72. The fourth-order valence-electron chi connectivity index (χ4n) is 4.93. The van der Waals surface area contributed by atoms with Crippen LogP contribution < -0.4 is 0 Å². The molecular formula is C13H16N2O2S. The molecule has 0 aromatic carbocycles. The molecule has 18 heavy (non-hydrogen) atoms. The van der Waals surface area contributed by atoms with Crippen LogP contribution in [-0.4, -0.2) is 19.8 Å². The summed E-state index contributed by atoms with van der Waals surface area (Å²) >= 11 is 1.06. The molecule has 0 aliphatic heterocycles. The minimum Gasteiger partial charge on any atom is -0.476 e. The summed E-state index contributed by atoms with van der Waals surface area (Å²) in [6.07, 6.45) is 6.56. The second kappa shape index (κ2) is 3.76. The van der Waals surface area contributed by atoms with Crippen LogP contribution in [0.2, 0.25) is 0 Å². The number of aromatic nitrogens is 2. The zero-order valence-electron chi connectivity index (χ0n) is 10.1. The monoisotopic (exact) mass is 264 g/mol. The van der Waals surface area contributed by atoms with Gasteiger partial charge in [0.25, 0.3) is 0 Å². The second-order valence-electron chi connectivity index (χ2n) is 6.26. The van der Waals surface area contributed by atoms with Crippen LogP contribution in [0.25, 0.3) is 0 Å². The molecule has 5 rings (SSSR count). The lowest BCUT2D eigenvalue weighted by molar-refractivity contribution is -0.00432. The number of carboxylic acids is 1. The van der Waals surface area contributed by atoms with Gasteiger partial charge in [-0.25, -0.2) is 4.79 Å². The van der Waals surface area contributed by atoms with Crippen LogP contribution >= 0.6 is 11.7 Å². The third-order valence-corrected chi connectivity index (χ3v) is 5.80. The number of rotatable bonds is 2. The van der Waals surface area contributed by atoms with Crippen molar-refractivity contribution in [3.05, 3.63) is 11.4 Å². The topological polar surface area (TPSA) is 63.1 Å². The Labute approximate surface area is 110 Å². The van der Waals surface area contributed by atoms with Crippen molar-refractivity contribution >= 4 is 17.7 Å². The predicted octanol–water partition coefficient (Wildman–Crippen LogP) is 2.78. The van der Waals surface area contributed by atoms with Gasteiger partial charge in [0.1, 0.15) is 0 Å². The molecule has 0 unspecified atom stereocenters. The number of aromatic carboxylic acids is 1. The summed E-state index contributed by atoms with van der Waals surface area (Å²) in [5.41, 5.74) is 1.01. The molecule has 4 fully saturated rings. The lowest BCUT2D eigenvalue weighted by Crippen LogP contribution is -2.44. The Balaban J connectivity index is 1.72. The van der Waals surface area contributed by atoms with E-state index in [1.807, 2.05) is 0 Å². The van der Waals surface area contributed by atoms with E-state index in [-0.39, 0.29) is 5.69 Å². The first kappa shape index (κ1) is 10.9. The number of carbonyl (C=O) groups is 1. The largest absolute Gasteiger partial charge is 0.476 e. The molecule has 1 heterocycles. The van der Waals surface area contributed by atoms with Crippen molar-refractivity contribution in [3.63, 3.8) is 0 Å². The zero-order valence-corrected chi connectivity index (χ0v) is 10.9. The maximum Gasteiger partial charge on any atom is 0.357 e. The van der Waals surface area contributed by atoms with Crippen molar-refractivity contribution in [2.75, 3.05) is 0 Å². The van der Waals surface area contributed by atoms with E-state index in [9.17, 15) is 9.90 Å². The number of hydrogen-bond acceptors (Lipinski definition) is 4. The molecule has 1 N–H and O–H groups in total. The van der Waals surface area contributed by atoms with Gasteiger partial charge in [0.2, 0.25) is 0 Å². The Bertz CT molecular complexity index is 471. The molecule has 4 aliphatic carbocycles. The zero-order chi connectivity index (χ0) is 12.3. The van der Waals surface area contributed by atoms with E-state index in [4.69, 9.17) is 0 Å². The Kier molecular flexibility index (Phi) is 2.28. The summed E-state index contributed by atoms with van der Waals surface area (Å²) in [5.74, 6) is 2.62. The summed E-state index contributed by atoms with van der Waals surface area (Å²) in [6.45, 7) is 0. The Hall–Kier alpha value is -0.970. The molecule has 96 valence electrons. The van der Waals surface area contributed by atoms with Crippen LogP contribution in [0.4, 0.5) is 0 Å². The van der Waals surface area contributed by atoms with Gasteiger partial charge < -0.3 is 5.11 Å². The molecule has 1 aromatic heterocycles. The van der Waals surface area contributed by atoms with Crippen LogP contribution in [-0.2, 0) is 0 Å². The third-order valence-electron chi connectivity index (χ3n) is 5.26. The molecule has 0 atom stereocenters. The standard InChI is InChI=1S/C13H16N2O2S/c16-13(17)12-11(14-18-15-12)10-8-2-6-1-7(4-8)5-9(10)3-6/h6-10H,1-5H2,(H,16,17). The molecule has 0 amide bonds. The lowest BCUT2D eigenvalue weighted by atomic mass is 9.51. The SMILES string of the molecule is O=C(O)c1nsnc1C1C2CC3CC(C2)CC1C3. The Morgan fingerprint density at radius 2 is 1.67 bits per heavy atom. The molecule has 4 aliphatic rings. The van der Waals surface area contributed by atoms with Crippen molar-refractivity contribution in [1.82, 2.24) is 8.75 Å². The highest BCUT2D eigenvalue weighted by atomic mass is 32.1. The quantitative estimate of drug-likeness (QED) is 0.892. The van der Waals surface area contributed by atoms with E-state index < -0.39 is 5.97 Å². The maximum absolute atomic E-state index is 11.2. The Morgan fingerprint density at radius 3 is 2.22 bits per heavy atom. The van der Waals surface area contributed by atoms with Crippen LogP contribution in [0.15, 0.2) is 0 Å². The van der Waals surface area contributed by atoms with Crippen LogP contribution in [0, 0.1) is 23.7 Å². The molecule has 0 saturated heterocycles. The average molecular weight is 264 g/mol. The summed E-state index contributed by atoms with van der Waals surface area (Å²) in [5, 5.41) is 9.21. The molecule has 4 nitrogen and oxygen atoms in total. The molecule has 5 heteroatoms. The number of hydrogen-bond donors (Lipinski definition) is 1. The first-order valence-corrected chi connectivity index (χ1v) is 7.51. The van der Waals surface area contributed by atoms with Crippen LogP contribution in [0.5, 0.6) is 0 Å². The minimum atomic E-state index is -0.910. The van der Waals surface area contributed by atoms with Crippen molar-refractivity contribution in [1.29, 1.82) is 0 Å². The summed E-state index contributed by atoms with van der Waals surface area (Å²) in [6, 6.07) is 0. The first-order valence-electron chi connectivity index (χ1n) is 6.78. The predicted molar refractivity (Wildman–Crippen MR) is 66.7 cm³/mol. The highest BCUT2D eigenvalue weighted by molar-refractivity contribution is 6.99. The van der Waals surface area contributed by atoms with Gasteiger partial charge in [-0.3, -0.25) is 0 Å². The molecule has 1 aromatic rings. The van der Waals surface area contributed by atoms with Gasteiger partial charge in [-0.1, -0.05) is 0 Å². The van der Waals surface area contributed by atoms with E-state index in [2.05, 4.69) is 8.75 Å². The number of carboxylic acid groups (broad SMARTS) is 1. The molecule has 4 bridgehead atoms. The second-order valence-corrected chi connectivity index (χ2v) is 6.79. The Morgan fingerprint density at radius 1 is 1.06 bits per heavy atom. The smallest absolute Gasteiger partial charge is 0.357 e. The van der Waals surface area contributed by atoms with Gasteiger partial charge in [0.05, 0.1) is 17.4 Å². The molecular weight excluding hydrogens is 248 g/mol. The van der Waals surface area contributed by atoms with E-state index in [1.54, 1.807) is 0 Å². The minimum absolute atomic E-state index is 0.220. The lowest BCUT2D eigenvalue weighted by Gasteiger charge is -2.54. The fraction of sp³-hybridized carbons (Fsp3) is 0.769. The van der Waals surface area contributed by atoms with E-state index in [0.717, 1.165) is 29.3 Å². The van der Waals surface area contributed by atoms with Crippen molar-refractivity contribution in [3.8, 4) is 0 Å². The highest BCUT2D eigenvalue weighted by Crippen LogP contribution is 2.59. The summed E-state index contributed by atoms with van der Waals surface area (Å²) in [7, 11) is 0. The van der Waals surface area contributed by atoms with Gasteiger partial charge >= 0.3 is 5.97 Å². The molecule has 4 saturated carbocycles. The average Bonchev–Trinajstić information content (AvgIpc) is 2.76. The van der Waals surface area contributed by atoms with E-state index in [1.165, 1.54) is 32.1 Å². The van der Waals surface area contributed by atoms with Crippen LogP contribution in [0.3, 0.4) is 0 Å². The maximum atomic E-state index is 11.2. The van der Waals surface area contributed by atoms with Crippen molar-refractivity contribution < 1.29 is 9.90 Å². The van der Waals surface area contributed by atoms with Gasteiger partial charge in [-0.05, 0) is 55.8 Å². The van der Waals surface area contributed by atoms with Gasteiger partial charge in [0, 0.05) is 5.92 Å². The van der Waals surface area contributed by atoms with Gasteiger partial charge in [0.15, 0.2) is 5.69 Å². The van der Waals surface area contributed by atoms with Gasteiger partial charge in [-0.15, -0.1) is 0 Å². The summed E-state index contributed by atoms with van der Waals surface area (Å²) in [4.78, 5) is 11.2. The highest BCUT2D eigenvalue weighted by Gasteiger charge is 2.50. The van der Waals surface area contributed by atoms with E-state index >= 15 is 0 Å². The van der Waals surface area contributed by atoms with Crippen LogP contribution in [0.1, 0.15) is 54.2 Å².